The van der Waals surface area contributed by atoms with E-state index in [4.69, 9.17) is 5.11 Å². The summed E-state index contributed by atoms with van der Waals surface area (Å²) in [7, 11) is 0. The van der Waals surface area contributed by atoms with E-state index in [0.717, 1.165) is 6.42 Å². The van der Waals surface area contributed by atoms with Gasteiger partial charge in [-0.25, -0.2) is 0 Å². The summed E-state index contributed by atoms with van der Waals surface area (Å²) in [6.45, 7) is 7.99. The van der Waals surface area contributed by atoms with Gasteiger partial charge in [-0.2, -0.15) is 0 Å². The minimum Gasteiger partial charge on any atom is -0.396 e. The van der Waals surface area contributed by atoms with Crippen LogP contribution in [0.25, 0.3) is 0 Å². The highest BCUT2D eigenvalue weighted by molar-refractivity contribution is 4.82. The first kappa shape index (κ1) is 9.66. The molecule has 2 N–H and O–H groups in total. The molecule has 0 aliphatic rings. The third kappa shape index (κ3) is 4.53. The zero-order valence-corrected chi connectivity index (χ0v) is 6.80. The zero-order valence-electron chi connectivity index (χ0n) is 6.80. The van der Waals surface area contributed by atoms with E-state index >= 15 is 0 Å². The molecular weight excluding hydrogens is 126 g/mol. The molecule has 0 amide bonds. The Kier molecular flexibility index (Phi) is 5.26. The van der Waals surface area contributed by atoms with Gasteiger partial charge in [-0.15, -0.1) is 6.58 Å². The van der Waals surface area contributed by atoms with Gasteiger partial charge in [-0.1, -0.05) is 6.08 Å². The lowest BCUT2D eigenvalue weighted by Gasteiger charge is -2.15. The lowest BCUT2D eigenvalue weighted by atomic mass is 10.2. The minimum atomic E-state index is 0.248. The molecule has 2 atom stereocenters. The molecule has 0 aromatic heterocycles. The van der Waals surface area contributed by atoms with Crippen LogP contribution in [0.1, 0.15) is 20.3 Å². The van der Waals surface area contributed by atoms with Crippen LogP contribution in [0.15, 0.2) is 12.7 Å². The van der Waals surface area contributed by atoms with Crippen molar-refractivity contribution in [1.29, 1.82) is 0 Å². The number of nitrogens with one attached hydrogen (secondary N) is 1. The molecule has 0 saturated heterocycles. The van der Waals surface area contributed by atoms with E-state index in [-0.39, 0.29) is 6.61 Å². The Balaban J connectivity index is 3.36. The summed E-state index contributed by atoms with van der Waals surface area (Å²) in [5.41, 5.74) is 0. The van der Waals surface area contributed by atoms with Crippen molar-refractivity contribution in [1.82, 2.24) is 5.32 Å². The Bertz CT molecular complexity index is 93.3. The Labute approximate surface area is 62.9 Å². The van der Waals surface area contributed by atoms with Crippen molar-refractivity contribution in [2.24, 2.45) is 0 Å². The van der Waals surface area contributed by atoms with Crippen LogP contribution in [0.4, 0.5) is 0 Å². The van der Waals surface area contributed by atoms with Crippen LogP contribution >= 0.6 is 0 Å². The van der Waals surface area contributed by atoms with Crippen molar-refractivity contribution in [3.63, 3.8) is 0 Å². The summed E-state index contributed by atoms with van der Waals surface area (Å²) >= 11 is 0. The quantitative estimate of drug-likeness (QED) is 0.561. The molecule has 0 spiro atoms. The van der Waals surface area contributed by atoms with Crippen LogP contribution in [0.2, 0.25) is 0 Å². The van der Waals surface area contributed by atoms with E-state index in [1.54, 1.807) is 0 Å². The molecule has 0 saturated carbocycles. The van der Waals surface area contributed by atoms with Gasteiger partial charge in [0.05, 0.1) is 0 Å². The van der Waals surface area contributed by atoms with Crippen LogP contribution in [0.3, 0.4) is 0 Å². The van der Waals surface area contributed by atoms with Crippen LogP contribution in [0, 0.1) is 0 Å². The van der Waals surface area contributed by atoms with Gasteiger partial charge >= 0.3 is 0 Å². The summed E-state index contributed by atoms with van der Waals surface area (Å²) in [6, 6.07) is 0.708. The molecule has 2 heteroatoms. The molecule has 0 aromatic carbocycles. The predicted molar refractivity (Wildman–Crippen MR) is 44.0 cm³/mol. The maximum absolute atomic E-state index is 8.56. The fraction of sp³-hybridized carbons (Fsp3) is 0.750. The average molecular weight is 143 g/mol. The number of aliphatic hydroxyl groups excluding tert-OH is 1. The van der Waals surface area contributed by atoms with Gasteiger partial charge in [0.15, 0.2) is 0 Å². The maximum Gasteiger partial charge on any atom is 0.0445 e. The standard InChI is InChI=1S/C8H17NO/c1-4-7(2)9-8(3)5-6-10/h4,7-10H,1,5-6H2,2-3H3. The van der Waals surface area contributed by atoms with Crippen LogP contribution in [-0.2, 0) is 0 Å². The SMILES string of the molecule is C=CC(C)NC(C)CCO. The lowest BCUT2D eigenvalue weighted by Crippen LogP contribution is -2.33. The van der Waals surface area contributed by atoms with Gasteiger partial charge in [-0.05, 0) is 20.3 Å². The van der Waals surface area contributed by atoms with Crippen LogP contribution in [0.5, 0.6) is 0 Å². The third-order valence-corrected chi connectivity index (χ3v) is 1.46. The van der Waals surface area contributed by atoms with Crippen LogP contribution in [-0.4, -0.2) is 23.8 Å². The van der Waals surface area contributed by atoms with E-state index in [1.807, 2.05) is 13.0 Å². The fourth-order valence-electron chi connectivity index (χ4n) is 0.794. The number of rotatable bonds is 5. The normalized spacial score (nSPS) is 16.3. The summed E-state index contributed by atoms with van der Waals surface area (Å²) in [6.07, 6.45) is 2.66. The van der Waals surface area contributed by atoms with Gasteiger partial charge in [0.25, 0.3) is 0 Å². The highest BCUT2D eigenvalue weighted by atomic mass is 16.3. The third-order valence-electron chi connectivity index (χ3n) is 1.46. The first-order valence-corrected chi connectivity index (χ1v) is 3.70. The second-order valence-corrected chi connectivity index (χ2v) is 2.60. The van der Waals surface area contributed by atoms with E-state index in [2.05, 4.69) is 18.8 Å². The topological polar surface area (TPSA) is 32.3 Å². The van der Waals surface area contributed by atoms with Crippen molar-refractivity contribution in [2.45, 2.75) is 32.4 Å². The Hall–Kier alpha value is -0.340. The highest BCUT2D eigenvalue weighted by Gasteiger charge is 2.01. The van der Waals surface area contributed by atoms with E-state index in [9.17, 15) is 0 Å². The zero-order chi connectivity index (χ0) is 7.98. The first-order valence-electron chi connectivity index (χ1n) is 3.70. The molecular formula is C8H17NO. The molecule has 2 nitrogen and oxygen atoms in total. The minimum absolute atomic E-state index is 0.248. The molecule has 0 aliphatic carbocycles. The Morgan fingerprint density at radius 2 is 2.20 bits per heavy atom. The molecule has 60 valence electrons. The van der Waals surface area contributed by atoms with Crippen LogP contribution < -0.4 is 5.32 Å². The first-order chi connectivity index (χ1) is 4.70. The van der Waals surface area contributed by atoms with Crippen molar-refractivity contribution in [3.8, 4) is 0 Å². The summed E-state index contributed by atoms with van der Waals surface area (Å²) in [4.78, 5) is 0. The summed E-state index contributed by atoms with van der Waals surface area (Å²) in [5.74, 6) is 0. The van der Waals surface area contributed by atoms with Gasteiger partial charge in [0.1, 0.15) is 0 Å². The molecule has 0 bridgehead atoms. The van der Waals surface area contributed by atoms with Gasteiger partial charge in [0, 0.05) is 18.7 Å². The molecule has 0 fully saturated rings. The number of hydrogen-bond acceptors (Lipinski definition) is 2. The Morgan fingerprint density at radius 3 is 2.60 bits per heavy atom. The fourth-order valence-corrected chi connectivity index (χ4v) is 0.794. The smallest absolute Gasteiger partial charge is 0.0445 e. The van der Waals surface area contributed by atoms with Crippen molar-refractivity contribution in [3.05, 3.63) is 12.7 Å². The molecule has 10 heavy (non-hydrogen) atoms. The largest absolute Gasteiger partial charge is 0.396 e. The van der Waals surface area contributed by atoms with Crippen molar-refractivity contribution in [2.75, 3.05) is 6.61 Å². The van der Waals surface area contributed by atoms with Gasteiger partial charge in [-0.3, -0.25) is 0 Å². The van der Waals surface area contributed by atoms with Gasteiger partial charge < -0.3 is 10.4 Å². The molecule has 0 aromatic rings. The summed E-state index contributed by atoms with van der Waals surface area (Å²) < 4.78 is 0. The summed E-state index contributed by atoms with van der Waals surface area (Å²) in [5, 5.41) is 11.8. The van der Waals surface area contributed by atoms with Gasteiger partial charge in [0.2, 0.25) is 0 Å². The van der Waals surface area contributed by atoms with E-state index < -0.39 is 0 Å². The monoisotopic (exact) mass is 143 g/mol. The maximum atomic E-state index is 8.56. The number of aliphatic hydroxyl groups is 1. The molecule has 0 heterocycles. The average Bonchev–Trinajstić information content (AvgIpc) is 1.88. The van der Waals surface area contributed by atoms with Crippen molar-refractivity contribution >= 4 is 0 Å². The van der Waals surface area contributed by atoms with E-state index in [0.29, 0.717) is 12.1 Å². The molecule has 0 radical (unpaired) electrons. The highest BCUT2D eigenvalue weighted by Crippen LogP contribution is 1.91. The molecule has 2 unspecified atom stereocenters. The lowest BCUT2D eigenvalue weighted by molar-refractivity contribution is 0.267. The van der Waals surface area contributed by atoms with E-state index in [1.165, 1.54) is 0 Å². The second kappa shape index (κ2) is 5.45. The molecule has 0 rings (SSSR count). The van der Waals surface area contributed by atoms with Crippen molar-refractivity contribution < 1.29 is 5.11 Å². The number of hydrogen-bond donors (Lipinski definition) is 2. The second-order valence-electron chi connectivity index (χ2n) is 2.60. The molecule has 0 aliphatic heterocycles. The Morgan fingerprint density at radius 1 is 1.60 bits per heavy atom. The predicted octanol–water partition coefficient (Wildman–Crippen LogP) is 0.921.